The van der Waals surface area contributed by atoms with Crippen LogP contribution in [0.15, 0.2) is 0 Å². The Balaban J connectivity index is 3.74. The van der Waals surface area contributed by atoms with Gasteiger partial charge in [0.15, 0.2) is 0 Å². The smallest absolute Gasteiger partial charge is 0.326 e. The van der Waals surface area contributed by atoms with Gasteiger partial charge in [0.1, 0.15) is 17.2 Å². The Kier molecular flexibility index (Phi) is 21.5. The number of hydrogen-bond acceptors (Lipinski definition) is 10. The van der Waals surface area contributed by atoms with Crippen molar-refractivity contribution in [3.05, 3.63) is 0 Å². The molecule has 260 valence electrons. The summed E-state index contributed by atoms with van der Waals surface area (Å²) in [6.45, 7) is 12.4. The minimum absolute atomic E-state index is 0.0462. The van der Waals surface area contributed by atoms with Crippen LogP contribution in [-0.4, -0.2) is 97.5 Å². The summed E-state index contributed by atoms with van der Waals surface area (Å²) in [6, 6.07) is -1.26. The molecule has 0 spiro atoms. The van der Waals surface area contributed by atoms with Crippen LogP contribution < -0.4 is 16.0 Å². The van der Waals surface area contributed by atoms with Crippen molar-refractivity contribution in [1.29, 1.82) is 0 Å². The van der Waals surface area contributed by atoms with Crippen LogP contribution in [0, 0.1) is 0 Å². The zero-order valence-corrected chi connectivity index (χ0v) is 27.9. The van der Waals surface area contributed by atoms with Crippen LogP contribution in [0.25, 0.3) is 0 Å². The Bertz CT molecular complexity index is 927. The second kappa shape index (κ2) is 23.1. The van der Waals surface area contributed by atoms with Crippen molar-refractivity contribution in [1.82, 2.24) is 16.0 Å². The van der Waals surface area contributed by atoms with Gasteiger partial charge in [-0.2, -0.15) is 0 Å². The third-order valence-corrected chi connectivity index (χ3v) is 5.73. The molecule has 0 saturated carbocycles. The van der Waals surface area contributed by atoms with E-state index in [1.807, 2.05) is 20.8 Å². The van der Waals surface area contributed by atoms with Crippen LogP contribution >= 0.6 is 0 Å². The maximum atomic E-state index is 12.1. The molecule has 0 rings (SSSR count). The molecule has 0 saturated heterocycles. The molecule has 0 aliphatic rings. The summed E-state index contributed by atoms with van der Waals surface area (Å²) in [6.07, 6.45) is 3.41. The fourth-order valence-corrected chi connectivity index (χ4v) is 3.73. The predicted octanol–water partition coefficient (Wildman–Crippen LogP) is 2.41. The zero-order valence-electron chi connectivity index (χ0n) is 27.9. The van der Waals surface area contributed by atoms with E-state index in [4.69, 9.17) is 18.9 Å². The summed E-state index contributed by atoms with van der Waals surface area (Å²) in [7, 11) is 0. The number of carbonyl (C=O) groups is 6. The van der Waals surface area contributed by atoms with Gasteiger partial charge in [0, 0.05) is 45.2 Å². The van der Waals surface area contributed by atoms with Crippen LogP contribution in [0.2, 0.25) is 0 Å². The van der Waals surface area contributed by atoms with Crippen LogP contribution in [-0.2, 0) is 47.7 Å². The van der Waals surface area contributed by atoms with E-state index in [1.54, 1.807) is 20.8 Å². The number of amides is 3. The summed E-state index contributed by atoms with van der Waals surface area (Å²) in [5.41, 5.74) is -1.16. The lowest BCUT2D eigenvalue weighted by Crippen LogP contribution is -2.41. The Morgan fingerprint density at radius 3 is 1.51 bits per heavy atom. The molecule has 0 aromatic heterocycles. The van der Waals surface area contributed by atoms with Gasteiger partial charge in [-0.3, -0.25) is 24.0 Å². The van der Waals surface area contributed by atoms with E-state index in [-0.39, 0.29) is 56.6 Å². The van der Waals surface area contributed by atoms with Gasteiger partial charge in [0.2, 0.25) is 17.7 Å². The van der Waals surface area contributed by atoms with Gasteiger partial charge in [-0.1, -0.05) is 12.8 Å². The maximum absolute atomic E-state index is 12.1. The molecule has 3 amide bonds. The van der Waals surface area contributed by atoms with Gasteiger partial charge < -0.3 is 40.0 Å². The fourth-order valence-electron chi connectivity index (χ4n) is 3.73. The van der Waals surface area contributed by atoms with Crippen molar-refractivity contribution in [3.8, 4) is 0 Å². The van der Waals surface area contributed by atoms with E-state index in [0.717, 1.165) is 25.7 Å². The molecule has 0 unspecified atom stereocenters. The molecule has 4 N–H and O–H groups in total. The second-order valence-corrected chi connectivity index (χ2v) is 12.5. The molecule has 14 heteroatoms. The molecule has 0 fully saturated rings. The molecule has 0 aliphatic carbocycles. The summed E-state index contributed by atoms with van der Waals surface area (Å²) >= 11 is 0. The molecular weight excluding hydrogens is 590 g/mol. The first-order valence-electron chi connectivity index (χ1n) is 15.6. The van der Waals surface area contributed by atoms with E-state index in [1.165, 1.54) is 0 Å². The van der Waals surface area contributed by atoms with Gasteiger partial charge in [0.25, 0.3) is 0 Å². The van der Waals surface area contributed by atoms with E-state index in [2.05, 4.69) is 16.0 Å². The number of carboxylic acid groups (broad SMARTS) is 1. The minimum atomic E-state index is -1.28. The first-order valence-corrected chi connectivity index (χ1v) is 15.6. The van der Waals surface area contributed by atoms with Crippen molar-refractivity contribution in [2.75, 3.05) is 39.5 Å². The number of unbranched alkanes of at least 4 members (excludes halogenated alkanes) is 3. The van der Waals surface area contributed by atoms with Crippen LogP contribution in [0.3, 0.4) is 0 Å². The minimum Gasteiger partial charge on any atom is -0.480 e. The largest absolute Gasteiger partial charge is 0.480 e. The third-order valence-electron chi connectivity index (χ3n) is 5.73. The van der Waals surface area contributed by atoms with Gasteiger partial charge in [-0.15, -0.1) is 0 Å². The van der Waals surface area contributed by atoms with Gasteiger partial charge in [-0.25, -0.2) is 4.79 Å². The summed E-state index contributed by atoms with van der Waals surface area (Å²) in [5.74, 6) is -3.08. The van der Waals surface area contributed by atoms with Gasteiger partial charge >= 0.3 is 17.9 Å². The standard InChI is InChI=1S/C31H55N3O11/c1-30(2,3)44-27(38)12-10-8-7-9-11-24(35)32-17-19-42-21-22-43-20-18-33-25(36)14-15-26(37)34-23(29(40)41)13-16-28(39)45-31(4,5)6/h23H,7-22H2,1-6H3,(H,32,35)(H,33,36)(H,34,37)(H,40,41)/t23-/m0/s1. The number of carboxylic acids is 1. The number of carbonyl (C=O) groups excluding carboxylic acids is 5. The van der Waals surface area contributed by atoms with Crippen LogP contribution in [0.4, 0.5) is 0 Å². The van der Waals surface area contributed by atoms with E-state index in [9.17, 15) is 33.9 Å². The lowest BCUT2D eigenvalue weighted by atomic mass is 10.1. The molecule has 0 radical (unpaired) electrons. The molecule has 0 aromatic carbocycles. The number of rotatable bonds is 24. The highest BCUT2D eigenvalue weighted by molar-refractivity contribution is 5.87. The molecule has 0 aliphatic heterocycles. The van der Waals surface area contributed by atoms with Gasteiger partial charge in [0.05, 0.1) is 26.4 Å². The highest BCUT2D eigenvalue weighted by Crippen LogP contribution is 2.12. The van der Waals surface area contributed by atoms with Crippen molar-refractivity contribution in [2.24, 2.45) is 0 Å². The van der Waals surface area contributed by atoms with Crippen LogP contribution in [0.1, 0.15) is 106 Å². The highest BCUT2D eigenvalue weighted by atomic mass is 16.6. The van der Waals surface area contributed by atoms with Crippen LogP contribution in [0.5, 0.6) is 0 Å². The number of nitrogens with one attached hydrogen (secondary N) is 3. The maximum Gasteiger partial charge on any atom is 0.326 e. The van der Waals surface area contributed by atoms with Crippen molar-refractivity contribution >= 4 is 35.6 Å². The Labute approximate surface area is 267 Å². The topological polar surface area (TPSA) is 196 Å². The lowest BCUT2D eigenvalue weighted by molar-refractivity contribution is -0.156. The Hall–Kier alpha value is -3.26. The van der Waals surface area contributed by atoms with E-state index < -0.39 is 35.1 Å². The number of hydrogen-bond donors (Lipinski definition) is 4. The molecule has 0 aromatic rings. The first-order chi connectivity index (χ1) is 21.0. The average molecular weight is 646 g/mol. The number of esters is 2. The zero-order chi connectivity index (χ0) is 34.3. The normalized spacial score (nSPS) is 12.1. The molecular formula is C31H55N3O11. The monoisotopic (exact) mass is 645 g/mol. The molecule has 0 heterocycles. The second-order valence-electron chi connectivity index (χ2n) is 12.5. The summed E-state index contributed by atoms with van der Waals surface area (Å²) < 4.78 is 21.2. The number of aliphatic carboxylic acids is 1. The number of ether oxygens (including phenoxy) is 4. The Morgan fingerprint density at radius 1 is 0.578 bits per heavy atom. The lowest BCUT2D eigenvalue weighted by Gasteiger charge is -2.20. The fraction of sp³-hybridized carbons (Fsp3) is 0.806. The third kappa shape index (κ3) is 28.0. The predicted molar refractivity (Wildman–Crippen MR) is 165 cm³/mol. The van der Waals surface area contributed by atoms with E-state index >= 15 is 0 Å². The van der Waals surface area contributed by atoms with Crippen molar-refractivity contribution < 1.29 is 52.8 Å². The average Bonchev–Trinajstić information content (AvgIpc) is 2.90. The molecule has 0 bridgehead atoms. The quantitative estimate of drug-likeness (QED) is 0.0889. The Morgan fingerprint density at radius 2 is 1.02 bits per heavy atom. The first kappa shape index (κ1) is 41.7. The summed E-state index contributed by atoms with van der Waals surface area (Å²) in [4.78, 5) is 70.8. The SMILES string of the molecule is CC(C)(C)OC(=O)CCCCCCC(=O)NCCOCCOCCNC(=O)CCC(=O)N[C@@H](CCC(=O)OC(C)(C)C)C(=O)O. The van der Waals surface area contributed by atoms with Gasteiger partial charge in [-0.05, 0) is 60.8 Å². The molecule has 14 nitrogen and oxygen atoms in total. The molecule has 45 heavy (non-hydrogen) atoms. The summed E-state index contributed by atoms with van der Waals surface area (Å²) in [5, 5.41) is 17.0. The van der Waals surface area contributed by atoms with E-state index in [0.29, 0.717) is 39.2 Å². The molecule has 1 atom stereocenters. The van der Waals surface area contributed by atoms with Crippen molar-refractivity contribution in [2.45, 2.75) is 123 Å². The van der Waals surface area contributed by atoms with Crippen molar-refractivity contribution in [3.63, 3.8) is 0 Å². The highest BCUT2D eigenvalue weighted by Gasteiger charge is 2.23.